The summed E-state index contributed by atoms with van der Waals surface area (Å²) >= 11 is 0. The van der Waals surface area contributed by atoms with Crippen molar-refractivity contribution in [2.45, 2.75) is 77.8 Å². The lowest BCUT2D eigenvalue weighted by molar-refractivity contribution is 0.0517. The quantitative estimate of drug-likeness (QED) is 0.745. The Morgan fingerprint density at radius 2 is 1.74 bits per heavy atom. The van der Waals surface area contributed by atoms with Crippen LogP contribution in [0.3, 0.4) is 0 Å². The molecule has 0 amide bonds. The van der Waals surface area contributed by atoms with E-state index in [2.05, 4.69) is 38.8 Å². The van der Waals surface area contributed by atoms with Gasteiger partial charge in [-0.2, -0.15) is 5.26 Å². The number of hydrogen-bond donors (Lipinski definition) is 0. The van der Waals surface area contributed by atoms with Crippen molar-refractivity contribution in [3.05, 3.63) is 0 Å². The van der Waals surface area contributed by atoms with E-state index in [0.717, 1.165) is 12.3 Å². The van der Waals surface area contributed by atoms with Crippen LogP contribution < -0.4 is 0 Å². The number of nitriles is 1. The van der Waals surface area contributed by atoms with Crippen LogP contribution in [0.25, 0.3) is 0 Å². The summed E-state index contributed by atoms with van der Waals surface area (Å²) in [4.78, 5) is 2.57. The predicted molar refractivity (Wildman–Crippen MR) is 79.7 cm³/mol. The van der Waals surface area contributed by atoms with Crippen LogP contribution in [-0.2, 0) is 0 Å². The van der Waals surface area contributed by atoms with Gasteiger partial charge in [-0.05, 0) is 63.3 Å². The highest BCUT2D eigenvalue weighted by Crippen LogP contribution is 2.39. The van der Waals surface area contributed by atoms with E-state index in [9.17, 15) is 5.26 Å². The first-order valence-electron chi connectivity index (χ1n) is 8.04. The average Bonchev–Trinajstić information content (AvgIpc) is 2.38. The van der Waals surface area contributed by atoms with E-state index in [-0.39, 0.29) is 5.92 Å². The van der Waals surface area contributed by atoms with Crippen molar-refractivity contribution in [1.82, 2.24) is 4.90 Å². The summed E-state index contributed by atoms with van der Waals surface area (Å²) < 4.78 is 0. The average molecular weight is 262 g/mol. The highest BCUT2D eigenvalue weighted by Gasteiger charge is 2.36. The molecule has 0 saturated heterocycles. The van der Waals surface area contributed by atoms with Gasteiger partial charge in [0.2, 0.25) is 0 Å². The van der Waals surface area contributed by atoms with Gasteiger partial charge < -0.3 is 0 Å². The van der Waals surface area contributed by atoms with Crippen molar-refractivity contribution in [1.29, 1.82) is 5.26 Å². The van der Waals surface area contributed by atoms with Gasteiger partial charge in [-0.25, -0.2) is 0 Å². The largest absolute Gasteiger partial charge is 0.299 e. The first-order valence-corrected chi connectivity index (χ1v) is 8.04. The smallest absolute Gasteiger partial charge is 0.0672 e. The maximum absolute atomic E-state index is 9.40. The Bertz CT molecular complexity index is 332. The van der Waals surface area contributed by atoms with E-state index in [4.69, 9.17) is 0 Å². The molecule has 2 nitrogen and oxygen atoms in total. The molecule has 0 aromatic rings. The molecular formula is C17H30N2. The minimum atomic E-state index is 0.260. The molecule has 0 aromatic carbocycles. The van der Waals surface area contributed by atoms with Crippen LogP contribution in [-0.4, -0.2) is 24.0 Å². The lowest BCUT2D eigenvalue weighted by atomic mass is 9.73. The van der Waals surface area contributed by atoms with Crippen LogP contribution in [0.4, 0.5) is 0 Å². The minimum Gasteiger partial charge on any atom is -0.299 e. The van der Waals surface area contributed by atoms with Crippen molar-refractivity contribution in [2.24, 2.45) is 17.3 Å². The molecule has 0 N–H and O–H groups in total. The zero-order valence-corrected chi connectivity index (χ0v) is 13.2. The summed E-state index contributed by atoms with van der Waals surface area (Å²) in [7, 11) is 2.27. The third kappa shape index (κ3) is 3.51. The van der Waals surface area contributed by atoms with Gasteiger partial charge in [0.1, 0.15) is 0 Å². The molecule has 2 fully saturated rings. The molecule has 19 heavy (non-hydrogen) atoms. The van der Waals surface area contributed by atoms with Crippen LogP contribution in [0.15, 0.2) is 0 Å². The summed E-state index contributed by atoms with van der Waals surface area (Å²) in [6.07, 6.45) is 8.85. The van der Waals surface area contributed by atoms with Gasteiger partial charge in [0.05, 0.1) is 12.0 Å². The summed E-state index contributed by atoms with van der Waals surface area (Å²) in [5.41, 5.74) is 0.534. The Hall–Kier alpha value is -0.550. The van der Waals surface area contributed by atoms with Gasteiger partial charge in [-0.3, -0.25) is 4.90 Å². The highest BCUT2D eigenvalue weighted by atomic mass is 15.2. The second-order valence-corrected chi connectivity index (χ2v) is 7.78. The Morgan fingerprint density at radius 3 is 2.32 bits per heavy atom. The van der Waals surface area contributed by atoms with E-state index in [0.29, 0.717) is 17.5 Å². The standard InChI is InChI=1S/C17H30N2/c1-13-5-6-14(12-18)16(11-13)19(4)15-7-9-17(2,3)10-8-15/h13-16H,5-11H2,1-4H3. The van der Waals surface area contributed by atoms with Gasteiger partial charge in [0.25, 0.3) is 0 Å². The Kier molecular flexibility index (Phi) is 4.56. The minimum absolute atomic E-state index is 0.260. The third-order valence-corrected chi connectivity index (χ3v) is 5.65. The molecule has 0 heterocycles. The van der Waals surface area contributed by atoms with Crippen molar-refractivity contribution in [2.75, 3.05) is 7.05 Å². The fourth-order valence-electron chi connectivity index (χ4n) is 4.01. The molecule has 0 aliphatic heterocycles. The zero-order chi connectivity index (χ0) is 14.0. The molecule has 2 heteroatoms. The first kappa shape index (κ1) is 14.9. The van der Waals surface area contributed by atoms with Crippen LogP contribution >= 0.6 is 0 Å². The molecule has 0 radical (unpaired) electrons. The maximum Gasteiger partial charge on any atom is 0.0672 e. The molecule has 0 spiro atoms. The molecule has 2 saturated carbocycles. The third-order valence-electron chi connectivity index (χ3n) is 5.65. The predicted octanol–water partition coefficient (Wildman–Crippen LogP) is 4.22. The molecule has 2 aliphatic rings. The van der Waals surface area contributed by atoms with E-state index >= 15 is 0 Å². The fourth-order valence-corrected chi connectivity index (χ4v) is 4.01. The SMILES string of the molecule is CC1CCC(C#N)C(N(C)C2CCC(C)(C)CC2)C1. The number of rotatable bonds is 2. The van der Waals surface area contributed by atoms with Crippen LogP contribution in [0.2, 0.25) is 0 Å². The lowest BCUT2D eigenvalue weighted by Gasteiger charge is -2.45. The maximum atomic E-state index is 9.40. The van der Waals surface area contributed by atoms with Gasteiger partial charge >= 0.3 is 0 Å². The summed E-state index contributed by atoms with van der Waals surface area (Å²) in [6.45, 7) is 7.13. The van der Waals surface area contributed by atoms with Crippen molar-refractivity contribution < 1.29 is 0 Å². The molecule has 2 rings (SSSR count). The molecule has 0 aromatic heterocycles. The number of hydrogen-bond acceptors (Lipinski definition) is 2. The Labute approximate surface area is 119 Å². The first-order chi connectivity index (χ1) is 8.93. The molecule has 3 atom stereocenters. The van der Waals surface area contributed by atoms with Crippen LogP contribution in [0.1, 0.15) is 65.7 Å². The zero-order valence-electron chi connectivity index (χ0n) is 13.2. The molecular weight excluding hydrogens is 232 g/mol. The van der Waals surface area contributed by atoms with E-state index < -0.39 is 0 Å². The van der Waals surface area contributed by atoms with Crippen LogP contribution in [0.5, 0.6) is 0 Å². The van der Waals surface area contributed by atoms with E-state index in [1.807, 2.05) is 0 Å². The Morgan fingerprint density at radius 1 is 1.11 bits per heavy atom. The normalized spacial score (nSPS) is 36.1. The van der Waals surface area contributed by atoms with Crippen LogP contribution in [0, 0.1) is 28.6 Å². The fraction of sp³-hybridized carbons (Fsp3) is 0.941. The molecule has 2 aliphatic carbocycles. The van der Waals surface area contributed by atoms with Gasteiger partial charge in [-0.15, -0.1) is 0 Å². The monoisotopic (exact) mass is 262 g/mol. The second-order valence-electron chi connectivity index (χ2n) is 7.78. The van der Waals surface area contributed by atoms with Gasteiger partial charge in [-0.1, -0.05) is 20.8 Å². The van der Waals surface area contributed by atoms with Gasteiger partial charge in [0, 0.05) is 12.1 Å². The van der Waals surface area contributed by atoms with Crippen molar-refractivity contribution in [3.63, 3.8) is 0 Å². The summed E-state index contributed by atoms with van der Waals surface area (Å²) in [5, 5.41) is 9.40. The van der Waals surface area contributed by atoms with E-state index in [1.54, 1.807) is 0 Å². The molecule has 108 valence electrons. The lowest BCUT2D eigenvalue weighted by Crippen LogP contribution is -2.48. The topological polar surface area (TPSA) is 27.0 Å². The molecule has 3 unspecified atom stereocenters. The van der Waals surface area contributed by atoms with Gasteiger partial charge in [0.15, 0.2) is 0 Å². The van der Waals surface area contributed by atoms with Crippen molar-refractivity contribution in [3.8, 4) is 6.07 Å². The summed E-state index contributed by atoms with van der Waals surface area (Å²) in [6, 6.07) is 3.78. The second kappa shape index (κ2) is 5.83. The Balaban J connectivity index is 1.98. The summed E-state index contributed by atoms with van der Waals surface area (Å²) in [5.74, 6) is 1.05. The molecule has 0 bridgehead atoms. The highest BCUT2D eigenvalue weighted by molar-refractivity contribution is 4.98. The van der Waals surface area contributed by atoms with Crippen molar-refractivity contribution >= 4 is 0 Å². The van der Waals surface area contributed by atoms with E-state index in [1.165, 1.54) is 38.5 Å². The number of nitrogens with zero attached hydrogens (tertiary/aromatic N) is 2.